The van der Waals surface area contributed by atoms with Crippen LogP contribution < -0.4 is 5.73 Å². The second kappa shape index (κ2) is 10.6. The van der Waals surface area contributed by atoms with Crippen LogP contribution >= 0.6 is 0 Å². The van der Waals surface area contributed by atoms with Gasteiger partial charge in [-0.2, -0.15) is 8.42 Å². The third-order valence-corrected chi connectivity index (χ3v) is 9.42. The molecule has 1 aliphatic rings. The van der Waals surface area contributed by atoms with Crippen LogP contribution in [0.5, 0.6) is 0 Å². The van der Waals surface area contributed by atoms with E-state index >= 15 is 0 Å². The summed E-state index contributed by atoms with van der Waals surface area (Å²) in [4.78, 5) is 14.3. The van der Waals surface area contributed by atoms with Crippen molar-refractivity contribution in [1.29, 1.82) is 0 Å². The maximum absolute atomic E-state index is 12.7. The van der Waals surface area contributed by atoms with Crippen molar-refractivity contribution in [3.05, 3.63) is 109 Å². The number of hydrogen-bond acceptors (Lipinski definition) is 8. The van der Waals surface area contributed by atoms with Crippen LogP contribution in [0.1, 0.15) is 30.1 Å². The summed E-state index contributed by atoms with van der Waals surface area (Å²) in [5.41, 5.74) is 12.3. The monoisotopic (exact) mass is 591 g/mol. The molecule has 10 heteroatoms. The van der Waals surface area contributed by atoms with Crippen molar-refractivity contribution in [2.45, 2.75) is 36.9 Å². The predicted octanol–water partition coefficient (Wildman–Crippen LogP) is 5.72. The van der Waals surface area contributed by atoms with Crippen LogP contribution in [0.15, 0.2) is 102 Å². The van der Waals surface area contributed by atoms with Gasteiger partial charge < -0.3 is 10.8 Å². The number of anilines is 1. The molecular weight excluding hydrogens is 562 g/mol. The Morgan fingerprint density at radius 2 is 1.70 bits per heavy atom. The highest BCUT2D eigenvalue weighted by Gasteiger charge is 2.40. The van der Waals surface area contributed by atoms with Crippen molar-refractivity contribution in [1.82, 2.24) is 19.4 Å². The highest BCUT2D eigenvalue weighted by atomic mass is 32.2. The van der Waals surface area contributed by atoms with Gasteiger partial charge in [0.15, 0.2) is 6.29 Å². The Balaban J connectivity index is 1.17. The SMILES string of the molecule is Cc1ccc(S(=O)(=O)OC(O)[C@H]2C[C@@H](c3nc(-c4ccc5ccc(-c6ccccc6)nc5c4)c4c(N)nccn43)C2)cc1. The Morgan fingerprint density at radius 1 is 0.953 bits per heavy atom. The zero-order valence-corrected chi connectivity index (χ0v) is 24.1. The van der Waals surface area contributed by atoms with Gasteiger partial charge in [0.05, 0.1) is 16.1 Å². The molecule has 1 aliphatic carbocycles. The van der Waals surface area contributed by atoms with Gasteiger partial charge >= 0.3 is 0 Å². The van der Waals surface area contributed by atoms with Gasteiger partial charge in [-0.25, -0.2) is 19.1 Å². The number of benzene rings is 3. The third kappa shape index (κ3) is 5.03. The molecule has 1 saturated carbocycles. The maximum Gasteiger partial charge on any atom is 0.299 e. The van der Waals surface area contributed by atoms with E-state index in [0.717, 1.165) is 39.1 Å². The second-order valence-electron chi connectivity index (χ2n) is 11.0. The molecule has 216 valence electrons. The molecule has 0 aliphatic heterocycles. The fourth-order valence-corrected chi connectivity index (χ4v) is 6.68. The first kappa shape index (κ1) is 27.2. The molecule has 0 amide bonds. The fourth-order valence-electron chi connectivity index (χ4n) is 5.68. The van der Waals surface area contributed by atoms with Gasteiger partial charge in [0.25, 0.3) is 10.1 Å². The van der Waals surface area contributed by atoms with Crippen molar-refractivity contribution in [3.63, 3.8) is 0 Å². The smallest absolute Gasteiger partial charge is 0.299 e. The molecule has 9 nitrogen and oxygen atoms in total. The standard InChI is InChI=1S/C33H29N5O4S/c1-20-7-12-26(13-8-20)43(40,41)42-33(39)25-17-24(18-25)32-37-29(30-31(34)35-15-16-38(30)32)23-10-9-22-11-14-27(36-28(22)19-23)21-5-3-2-4-6-21/h2-16,19,24-25,33,39H,17-18H2,1H3,(H2,34,35)/t24-,25+,33?. The van der Waals surface area contributed by atoms with Crippen molar-refractivity contribution >= 4 is 32.4 Å². The quantitative estimate of drug-likeness (QED) is 0.178. The van der Waals surface area contributed by atoms with Crippen LogP contribution in [-0.4, -0.2) is 39.2 Å². The van der Waals surface area contributed by atoms with E-state index in [1.165, 1.54) is 12.1 Å². The molecular formula is C33H29N5O4S. The lowest BCUT2D eigenvalue weighted by Crippen LogP contribution is -2.36. The van der Waals surface area contributed by atoms with Gasteiger partial charge in [-0.1, -0.05) is 66.2 Å². The lowest BCUT2D eigenvalue weighted by Gasteiger charge is -2.36. The van der Waals surface area contributed by atoms with Crippen LogP contribution in [0.4, 0.5) is 5.82 Å². The molecule has 3 aromatic carbocycles. The van der Waals surface area contributed by atoms with Gasteiger partial charge in [-0.05, 0) is 44.0 Å². The van der Waals surface area contributed by atoms with Crippen LogP contribution in [0, 0.1) is 12.8 Å². The van der Waals surface area contributed by atoms with E-state index in [0.29, 0.717) is 29.9 Å². The summed E-state index contributed by atoms with van der Waals surface area (Å²) in [6.07, 6.45) is 3.02. The number of aryl methyl sites for hydroxylation is 1. The number of imidazole rings is 1. The van der Waals surface area contributed by atoms with Crippen molar-refractivity contribution < 1.29 is 17.7 Å². The number of aliphatic hydroxyl groups is 1. The Morgan fingerprint density at radius 3 is 2.47 bits per heavy atom. The lowest BCUT2D eigenvalue weighted by molar-refractivity contribution is -0.0882. The number of fused-ring (bicyclic) bond motifs is 2. The Hall–Kier alpha value is -4.64. The molecule has 1 atom stereocenters. The Labute approximate surface area is 248 Å². The first-order valence-electron chi connectivity index (χ1n) is 14.0. The van der Waals surface area contributed by atoms with Gasteiger partial charge in [0.1, 0.15) is 22.9 Å². The highest BCUT2D eigenvalue weighted by Crippen LogP contribution is 2.45. The zero-order chi connectivity index (χ0) is 29.7. The minimum absolute atomic E-state index is 0.0145. The number of rotatable bonds is 7. The average molecular weight is 592 g/mol. The van der Waals surface area contributed by atoms with Crippen LogP contribution in [0.25, 0.3) is 38.9 Å². The summed E-state index contributed by atoms with van der Waals surface area (Å²) in [7, 11) is -4.09. The average Bonchev–Trinajstić information content (AvgIpc) is 3.37. The van der Waals surface area contributed by atoms with Gasteiger partial charge in [0.2, 0.25) is 0 Å². The maximum atomic E-state index is 12.7. The van der Waals surface area contributed by atoms with E-state index in [-0.39, 0.29) is 16.7 Å². The minimum Gasteiger partial charge on any atom is -0.382 e. The van der Waals surface area contributed by atoms with E-state index in [9.17, 15) is 13.5 Å². The lowest BCUT2D eigenvalue weighted by atomic mass is 9.74. The summed E-state index contributed by atoms with van der Waals surface area (Å²) in [5, 5.41) is 11.7. The van der Waals surface area contributed by atoms with E-state index < -0.39 is 16.4 Å². The first-order chi connectivity index (χ1) is 20.8. The molecule has 0 bridgehead atoms. The van der Waals surface area contributed by atoms with Crippen LogP contribution in [0.2, 0.25) is 0 Å². The number of aromatic nitrogens is 4. The van der Waals surface area contributed by atoms with E-state index in [2.05, 4.69) is 11.1 Å². The molecule has 0 radical (unpaired) electrons. The van der Waals surface area contributed by atoms with Crippen molar-refractivity contribution in [2.75, 3.05) is 5.73 Å². The first-order valence-corrected chi connectivity index (χ1v) is 15.4. The summed E-state index contributed by atoms with van der Waals surface area (Å²) in [6.45, 7) is 1.87. The summed E-state index contributed by atoms with van der Waals surface area (Å²) < 4.78 is 32.5. The minimum atomic E-state index is -4.09. The number of nitrogens with zero attached hydrogens (tertiary/aromatic N) is 4. The summed E-state index contributed by atoms with van der Waals surface area (Å²) in [6, 6.07) is 26.5. The van der Waals surface area contributed by atoms with Crippen LogP contribution in [0.3, 0.4) is 0 Å². The number of nitrogens with two attached hydrogens (primary N) is 1. The molecule has 1 fully saturated rings. The summed E-state index contributed by atoms with van der Waals surface area (Å²) in [5.74, 6) is 0.735. The number of hydrogen-bond donors (Lipinski definition) is 2. The van der Waals surface area contributed by atoms with E-state index in [1.807, 2.05) is 72.1 Å². The zero-order valence-electron chi connectivity index (χ0n) is 23.3. The van der Waals surface area contributed by atoms with E-state index in [1.54, 1.807) is 18.3 Å². The molecule has 3 aromatic heterocycles. The molecule has 6 aromatic rings. The van der Waals surface area contributed by atoms with Gasteiger partial charge in [0, 0.05) is 40.7 Å². The normalized spacial score (nSPS) is 17.6. The largest absolute Gasteiger partial charge is 0.382 e. The molecule has 0 spiro atoms. The molecule has 3 N–H and O–H groups in total. The molecule has 3 heterocycles. The topological polar surface area (TPSA) is 133 Å². The highest BCUT2D eigenvalue weighted by molar-refractivity contribution is 7.86. The number of aliphatic hydroxyl groups excluding tert-OH is 1. The van der Waals surface area contributed by atoms with Crippen molar-refractivity contribution in [2.24, 2.45) is 5.92 Å². The molecule has 43 heavy (non-hydrogen) atoms. The Bertz CT molecular complexity index is 2070. The van der Waals surface area contributed by atoms with E-state index in [4.69, 9.17) is 19.9 Å². The predicted molar refractivity (Wildman–Crippen MR) is 164 cm³/mol. The molecule has 7 rings (SSSR count). The molecule has 1 unspecified atom stereocenters. The summed E-state index contributed by atoms with van der Waals surface area (Å²) >= 11 is 0. The third-order valence-electron chi connectivity index (χ3n) is 8.12. The Kier molecular flexibility index (Phi) is 6.69. The molecule has 0 saturated heterocycles. The second-order valence-corrected chi connectivity index (χ2v) is 12.6. The fraction of sp³-hybridized carbons (Fsp3) is 0.182. The van der Waals surface area contributed by atoms with Gasteiger partial charge in [-0.3, -0.25) is 4.40 Å². The van der Waals surface area contributed by atoms with Crippen LogP contribution in [-0.2, 0) is 14.3 Å². The number of nitrogen functional groups attached to an aromatic ring is 1. The van der Waals surface area contributed by atoms with Crippen molar-refractivity contribution in [3.8, 4) is 22.5 Å². The van der Waals surface area contributed by atoms with Gasteiger partial charge in [-0.15, -0.1) is 0 Å². The number of pyridine rings is 1.